The molecule has 19 heavy (non-hydrogen) atoms. The maximum absolute atomic E-state index is 12.0. The average Bonchev–Trinajstić information content (AvgIpc) is 2.35. The van der Waals surface area contributed by atoms with Gasteiger partial charge in [-0.3, -0.25) is 4.21 Å². The van der Waals surface area contributed by atoms with Gasteiger partial charge in [-0.2, -0.15) is 5.26 Å². The van der Waals surface area contributed by atoms with Crippen molar-refractivity contribution in [2.24, 2.45) is 0 Å². The quantitative estimate of drug-likeness (QED) is 0.753. The smallest absolute Gasteiger partial charge is 0.241 e. The minimum atomic E-state index is -3.81. The first kappa shape index (κ1) is 15.6. The highest BCUT2D eigenvalue weighted by molar-refractivity contribution is 7.89. The Hall–Kier alpha value is -1.43. The lowest BCUT2D eigenvalue weighted by molar-refractivity contribution is 0.580. The second-order valence-electron chi connectivity index (χ2n) is 4.03. The van der Waals surface area contributed by atoms with E-state index >= 15 is 0 Å². The third-order valence-corrected chi connectivity index (χ3v) is 5.32. The third kappa shape index (κ3) is 4.02. The van der Waals surface area contributed by atoms with Crippen LogP contribution in [0.4, 0.5) is 5.69 Å². The van der Waals surface area contributed by atoms with Crippen LogP contribution >= 0.6 is 0 Å². The van der Waals surface area contributed by atoms with Gasteiger partial charge in [-0.15, -0.1) is 0 Å². The molecule has 2 unspecified atom stereocenters. The van der Waals surface area contributed by atoms with Gasteiger partial charge in [0.25, 0.3) is 0 Å². The number of rotatable bonds is 5. The summed E-state index contributed by atoms with van der Waals surface area (Å²) >= 11 is 0. The Balaban J connectivity index is 3.02. The van der Waals surface area contributed by atoms with Gasteiger partial charge >= 0.3 is 0 Å². The first-order chi connectivity index (χ1) is 8.77. The van der Waals surface area contributed by atoms with Crippen LogP contribution in [0.1, 0.15) is 12.5 Å². The fraction of sp³-hybridized carbons (Fsp3) is 0.364. The summed E-state index contributed by atoms with van der Waals surface area (Å²) in [6, 6.07) is 5.79. The summed E-state index contributed by atoms with van der Waals surface area (Å²) in [5.41, 5.74) is 5.80. The fourth-order valence-corrected chi connectivity index (χ4v) is 2.98. The van der Waals surface area contributed by atoms with E-state index in [2.05, 4.69) is 4.72 Å². The molecule has 6 nitrogen and oxygen atoms in total. The lowest BCUT2D eigenvalue weighted by Gasteiger charge is -2.11. The molecule has 2 atom stereocenters. The normalized spacial score (nSPS) is 14.6. The van der Waals surface area contributed by atoms with Gasteiger partial charge in [-0.05, 0) is 25.1 Å². The third-order valence-electron chi connectivity index (χ3n) is 2.54. The molecule has 0 aliphatic rings. The van der Waals surface area contributed by atoms with Gasteiger partial charge in [0.05, 0.1) is 10.5 Å². The van der Waals surface area contributed by atoms with Crippen molar-refractivity contribution in [3.8, 4) is 6.07 Å². The van der Waals surface area contributed by atoms with Crippen molar-refractivity contribution in [2.75, 3.05) is 18.5 Å². The molecule has 0 radical (unpaired) electrons. The van der Waals surface area contributed by atoms with E-state index in [1.165, 1.54) is 24.5 Å². The van der Waals surface area contributed by atoms with E-state index in [9.17, 15) is 12.6 Å². The highest BCUT2D eigenvalue weighted by Crippen LogP contribution is 2.17. The van der Waals surface area contributed by atoms with E-state index in [0.29, 0.717) is 5.69 Å². The van der Waals surface area contributed by atoms with Gasteiger partial charge in [0.15, 0.2) is 0 Å². The topological polar surface area (TPSA) is 113 Å². The highest BCUT2D eigenvalue weighted by atomic mass is 32.2. The van der Waals surface area contributed by atoms with Gasteiger partial charge in [0.1, 0.15) is 6.07 Å². The number of sulfonamides is 1. The Kier molecular flexibility index (Phi) is 5.05. The van der Waals surface area contributed by atoms with Crippen LogP contribution in [0.15, 0.2) is 23.1 Å². The van der Waals surface area contributed by atoms with Crippen molar-refractivity contribution in [3.63, 3.8) is 0 Å². The molecule has 0 aliphatic carbocycles. The van der Waals surface area contributed by atoms with Gasteiger partial charge in [-0.25, -0.2) is 13.1 Å². The molecule has 0 fully saturated rings. The van der Waals surface area contributed by atoms with E-state index < -0.39 is 20.8 Å². The minimum Gasteiger partial charge on any atom is -0.399 e. The Morgan fingerprint density at radius 3 is 2.68 bits per heavy atom. The van der Waals surface area contributed by atoms with Crippen LogP contribution in [0.25, 0.3) is 0 Å². The summed E-state index contributed by atoms with van der Waals surface area (Å²) in [4.78, 5) is -0.127. The van der Waals surface area contributed by atoms with Crippen molar-refractivity contribution in [2.45, 2.75) is 17.1 Å². The van der Waals surface area contributed by atoms with Crippen LogP contribution in [-0.4, -0.2) is 30.7 Å². The molecule has 0 saturated heterocycles. The van der Waals surface area contributed by atoms with Gasteiger partial charge < -0.3 is 5.73 Å². The predicted octanol–water partition coefficient (Wildman–Crippen LogP) is 0.186. The van der Waals surface area contributed by atoms with Crippen LogP contribution in [0, 0.1) is 11.3 Å². The molecule has 104 valence electrons. The Morgan fingerprint density at radius 1 is 1.53 bits per heavy atom. The number of hydrogen-bond acceptors (Lipinski definition) is 5. The van der Waals surface area contributed by atoms with Crippen LogP contribution in [0.5, 0.6) is 0 Å². The van der Waals surface area contributed by atoms with Crippen LogP contribution in [0.3, 0.4) is 0 Å². The van der Waals surface area contributed by atoms with Crippen molar-refractivity contribution < 1.29 is 12.6 Å². The molecule has 0 saturated carbocycles. The second-order valence-corrected chi connectivity index (χ2v) is 7.57. The summed E-state index contributed by atoms with van der Waals surface area (Å²) in [6.45, 7) is 1.72. The van der Waals surface area contributed by atoms with E-state index in [1.54, 1.807) is 13.0 Å². The Bertz CT molecular complexity index is 635. The second kappa shape index (κ2) is 6.14. The van der Waals surface area contributed by atoms with E-state index in [-0.39, 0.29) is 22.3 Å². The number of hydrogen-bond donors (Lipinski definition) is 2. The van der Waals surface area contributed by atoms with Crippen LogP contribution in [0.2, 0.25) is 0 Å². The molecule has 3 N–H and O–H groups in total. The average molecular weight is 301 g/mol. The zero-order valence-electron chi connectivity index (χ0n) is 10.6. The molecular weight excluding hydrogens is 286 g/mol. The van der Waals surface area contributed by atoms with Crippen molar-refractivity contribution in [1.29, 1.82) is 5.26 Å². The summed E-state index contributed by atoms with van der Waals surface area (Å²) in [6.07, 6.45) is 1.50. The SMILES string of the molecule is CC(CNS(=O)(=O)c1ccc(N)cc1C#N)S(C)=O. The summed E-state index contributed by atoms with van der Waals surface area (Å²) in [5, 5.41) is 8.61. The molecule has 1 aromatic carbocycles. The molecule has 0 bridgehead atoms. The Labute approximate surface area is 115 Å². The largest absolute Gasteiger partial charge is 0.399 e. The Morgan fingerprint density at radius 2 is 2.16 bits per heavy atom. The molecule has 0 spiro atoms. The molecular formula is C11H15N3O3S2. The monoisotopic (exact) mass is 301 g/mol. The number of nitrogens with two attached hydrogens (primary N) is 1. The lowest BCUT2D eigenvalue weighted by atomic mass is 10.2. The number of nitriles is 1. The maximum atomic E-state index is 12.0. The molecule has 0 aliphatic heterocycles. The molecule has 1 aromatic rings. The number of nitrogens with one attached hydrogen (secondary N) is 1. The predicted molar refractivity (Wildman–Crippen MR) is 74.3 cm³/mol. The van der Waals surface area contributed by atoms with Crippen molar-refractivity contribution in [3.05, 3.63) is 23.8 Å². The van der Waals surface area contributed by atoms with Gasteiger partial charge in [0, 0.05) is 34.5 Å². The number of nitrogens with zero attached hydrogens (tertiary/aromatic N) is 1. The fourth-order valence-electron chi connectivity index (χ4n) is 1.29. The molecule has 1 rings (SSSR count). The number of anilines is 1. The summed E-state index contributed by atoms with van der Waals surface area (Å²) in [7, 11) is -4.94. The van der Waals surface area contributed by atoms with E-state index in [4.69, 9.17) is 11.0 Å². The molecule has 0 heterocycles. The first-order valence-electron chi connectivity index (χ1n) is 5.39. The molecule has 0 amide bonds. The number of benzene rings is 1. The van der Waals surface area contributed by atoms with Crippen molar-refractivity contribution >= 4 is 26.5 Å². The number of nitrogen functional groups attached to an aromatic ring is 1. The van der Waals surface area contributed by atoms with Gasteiger partial charge in [0.2, 0.25) is 10.0 Å². The minimum absolute atomic E-state index is 0.0160. The lowest BCUT2D eigenvalue weighted by Crippen LogP contribution is -2.33. The zero-order chi connectivity index (χ0) is 14.6. The first-order valence-corrected chi connectivity index (χ1v) is 8.50. The highest BCUT2D eigenvalue weighted by Gasteiger charge is 2.20. The molecule has 8 heteroatoms. The van der Waals surface area contributed by atoms with E-state index in [0.717, 1.165) is 0 Å². The van der Waals surface area contributed by atoms with Crippen LogP contribution in [-0.2, 0) is 20.8 Å². The molecule has 0 aromatic heterocycles. The summed E-state index contributed by atoms with van der Waals surface area (Å²) in [5.74, 6) is 0. The zero-order valence-corrected chi connectivity index (χ0v) is 12.2. The van der Waals surface area contributed by atoms with E-state index in [1.807, 2.05) is 0 Å². The maximum Gasteiger partial charge on any atom is 0.241 e. The van der Waals surface area contributed by atoms with Crippen LogP contribution < -0.4 is 10.5 Å². The van der Waals surface area contributed by atoms with Gasteiger partial charge in [-0.1, -0.05) is 0 Å². The standard InChI is InChI=1S/C11H15N3O3S2/c1-8(18(2)15)7-14-19(16,17)11-4-3-10(13)5-9(11)6-12/h3-5,8,14H,7,13H2,1-2H3. The van der Waals surface area contributed by atoms with Crippen molar-refractivity contribution in [1.82, 2.24) is 4.72 Å². The summed E-state index contributed by atoms with van der Waals surface area (Å²) < 4.78 is 37.6.